The number of hydrogen-bond donors (Lipinski definition) is 1. The third-order valence-electron chi connectivity index (χ3n) is 5.03. The molecule has 0 spiro atoms. The molecule has 20 heavy (non-hydrogen) atoms. The van der Waals surface area contributed by atoms with Crippen LogP contribution in [0.4, 0.5) is 10.1 Å². The van der Waals surface area contributed by atoms with E-state index < -0.39 is 0 Å². The number of thiocarbonyl (C=S) groups is 1. The van der Waals surface area contributed by atoms with E-state index in [9.17, 15) is 4.39 Å². The first-order valence-corrected chi connectivity index (χ1v) is 7.76. The molecule has 2 N–H and O–H groups in total. The van der Waals surface area contributed by atoms with Gasteiger partial charge in [0.15, 0.2) is 0 Å². The maximum atomic E-state index is 13.4. The van der Waals surface area contributed by atoms with Gasteiger partial charge in [-0.1, -0.05) is 18.6 Å². The average Bonchev–Trinajstić information content (AvgIpc) is 3.00. The molecule has 2 bridgehead atoms. The van der Waals surface area contributed by atoms with Crippen LogP contribution in [0.5, 0.6) is 0 Å². The molecule has 0 aromatic heterocycles. The molecule has 3 unspecified atom stereocenters. The van der Waals surface area contributed by atoms with Crippen LogP contribution in [0.25, 0.3) is 0 Å². The zero-order chi connectivity index (χ0) is 14.3. The Morgan fingerprint density at radius 2 is 2.20 bits per heavy atom. The molecule has 2 fully saturated rings. The monoisotopic (exact) mass is 292 g/mol. The van der Waals surface area contributed by atoms with Gasteiger partial charge in [0.05, 0.1) is 0 Å². The Bertz CT molecular complexity index is 531. The number of anilines is 1. The fraction of sp³-hybridized carbons (Fsp3) is 0.562. The van der Waals surface area contributed by atoms with E-state index >= 15 is 0 Å². The summed E-state index contributed by atoms with van der Waals surface area (Å²) in [6.07, 6.45) is 5.55. The summed E-state index contributed by atoms with van der Waals surface area (Å²) in [5.74, 6) is 2.31. The minimum absolute atomic E-state index is 0.263. The van der Waals surface area contributed by atoms with Gasteiger partial charge in [0, 0.05) is 24.8 Å². The molecule has 0 saturated heterocycles. The summed E-state index contributed by atoms with van der Waals surface area (Å²) in [5, 5.41) is 0. The lowest BCUT2D eigenvalue weighted by Gasteiger charge is -2.29. The first-order chi connectivity index (χ1) is 9.54. The molecule has 0 aliphatic heterocycles. The summed E-state index contributed by atoms with van der Waals surface area (Å²) in [7, 11) is 2.06. The third kappa shape index (κ3) is 2.53. The number of hydrogen-bond acceptors (Lipinski definition) is 2. The van der Waals surface area contributed by atoms with E-state index in [2.05, 4.69) is 11.9 Å². The smallest absolute Gasteiger partial charge is 0.124 e. The van der Waals surface area contributed by atoms with Gasteiger partial charge in [-0.05, 0) is 55.2 Å². The van der Waals surface area contributed by atoms with Crippen LogP contribution in [-0.2, 0) is 0 Å². The van der Waals surface area contributed by atoms with Crippen LogP contribution in [0.2, 0.25) is 0 Å². The third-order valence-corrected chi connectivity index (χ3v) is 5.25. The van der Waals surface area contributed by atoms with Gasteiger partial charge in [0.1, 0.15) is 10.8 Å². The highest BCUT2D eigenvalue weighted by molar-refractivity contribution is 7.80. The lowest BCUT2D eigenvalue weighted by Crippen LogP contribution is -2.30. The molecule has 2 saturated carbocycles. The van der Waals surface area contributed by atoms with Crippen molar-refractivity contribution in [3.63, 3.8) is 0 Å². The normalized spacial score (nSPS) is 27.8. The number of halogens is 1. The number of fused-ring (bicyclic) bond motifs is 2. The molecular weight excluding hydrogens is 271 g/mol. The number of rotatable bonds is 4. The molecule has 108 valence electrons. The van der Waals surface area contributed by atoms with Gasteiger partial charge >= 0.3 is 0 Å². The predicted molar refractivity (Wildman–Crippen MR) is 84.5 cm³/mol. The summed E-state index contributed by atoms with van der Waals surface area (Å²) in [6, 6.07) is 4.71. The Morgan fingerprint density at radius 1 is 1.40 bits per heavy atom. The highest BCUT2D eigenvalue weighted by Crippen LogP contribution is 2.48. The van der Waals surface area contributed by atoms with Gasteiger partial charge in [-0.15, -0.1) is 0 Å². The fourth-order valence-corrected chi connectivity index (χ4v) is 4.25. The highest BCUT2D eigenvalue weighted by atomic mass is 32.1. The fourth-order valence-electron chi connectivity index (χ4n) is 4.09. The number of nitrogens with zero attached hydrogens (tertiary/aromatic N) is 1. The van der Waals surface area contributed by atoms with Crippen molar-refractivity contribution < 1.29 is 4.39 Å². The van der Waals surface area contributed by atoms with E-state index in [1.807, 2.05) is 0 Å². The van der Waals surface area contributed by atoms with E-state index in [0.29, 0.717) is 5.56 Å². The molecule has 3 rings (SSSR count). The van der Waals surface area contributed by atoms with E-state index in [1.54, 1.807) is 6.07 Å². The molecule has 4 heteroatoms. The second-order valence-electron chi connectivity index (χ2n) is 6.34. The Kier molecular flexibility index (Phi) is 3.67. The van der Waals surface area contributed by atoms with Gasteiger partial charge in [-0.3, -0.25) is 0 Å². The van der Waals surface area contributed by atoms with Crippen LogP contribution in [0, 0.1) is 23.6 Å². The van der Waals surface area contributed by atoms with Crippen LogP contribution in [0.15, 0.2) is 18.2 Å². The summed E-state index contributed by atoms with van der Waals surface area (Å²) in [4.78, 5) is 2.46. The lowest BCUT2D eigenvalue weighted by molar-refractivity contribution is 0.337. The highest BCUT2D eigenvalue weighted by Gasteiger charge is 2.39. The largest absolute Gasteiger partial charge is 0.389 e. The van der Waals surface area contributed by atoms with Crippen LogP contribution < -0.4 is 10.6 Å². The molecule has 0 radical (unpaired) electrons. The van der Waals surface area contributed by atoms with Crippen LogP contribution >= 0.6 is 12.2 Å². The summed E-state index contributed by atoms with van der Waals surface area (Å²) in [6.45, 7) is 1.02. The Morgan fingerprint density at radius 3 is 2.80 bits per heavy atom. The van der Waals surface area contributed by atoms with Crippen molar-refractivity contribution in [2.24, 2.45) is 23.5 Å². The van der Waals surface area contributed by atoms with E-state index in [0.717, 1.165) is 30.0 Å². The molecule has 1 aromatic rings. The van der Waals surface area contributed by atoms with Crippen molar-refractivity contribution in [1.82, 2.24) is 0 Å². The van der Waals surface area contributed by atoms with Crippen molar-refractivity contribution in [3.8, 4) is 0 Å². The Labute approximate surface area is 125 Å². The zero-order valence-corrected chi connectivity index (χ0v) is 12.6. The van der Waals surface area contributed by atoms with Gasteiger partial charge < -0.3 is 10.6 Å². The molecule has 0 amide bonds. The Balaban J connectivity index is 1.77. The van der Waals surface area contributed by atoms with Crippen LogP contribution in [0.3, 0.4) is 0 Å². The van der Waals surface area contributed by atoms with E-state index in [1.165, 1.54) is 37.8 Å². The first-order valence-electron chi connectivity index (χ1n) is 7.35. The molecule has 2 aliphatic rings. The summed E-state index contributed by atoms with van der Waals surface area (Å²) >= 11 is 5.05. The standard InChI is InChI=1S/C16H21FN2S/c1-19(9-12-7-10-2-3-11(12)6-10)15-5-4-13(17)8-14(15)16(18)20/h4-5,8,10-12H,2-3,6-7,9H2,1H3,(H2,18,20). The molecule has 0 heterocycles. The number of nitrogens with two attached hydrogens (primary N) is 1. The molecule has 2 aliphatic carbocycles. The SMILES string of the molecule is CN(CC1CC2CCC1C2)c1ccc(F)cc1C(N)=S. The van der Waals surface area contributed by atoms with Crippen molar-refractivity contribution in [2.45, 2.75) is 25.7 Å². The van der Waals surface area contributed by atoms with Crippen molar-refractivity contribution in [2.75, 3.05) is 18.5 Å². The van der Waals surface area contributed by atoms with Gasteiger partial charge in [0.2, 0.25) is 0 Å². The number of benzene rings is 1. The van der Waals surface area contributed by atoms with Gasteiger partial charge in [0.25, 0.3) is 0 Å². The quantitative estimate of drug-likeness (QED) is 0.863. The molecule has 1 aromatic carbocycles. The lowest BCUT2D eigenvalue weighted by atomic mass is 9.88. The minimum Gasteiger partial charge on any atom is -0.389 e. The van der Waals surface area contributed by atoms with E-state index in [-0.39, 0.29) is 10.8 Å². The maximum Gasteiger partial charge on any atom is 0.124 e. The predicted octanol–water partition coefficient (Wildman–Crippen LogP) is 3.33. The van der Waals surface area contributed by atoms with Crippen LogP contribution in [-0.4, -0.2) is 18.6 Å². The Hall–Kier alpha value is -1.16. The molecule has 3 atom stereocenters. The molecular formula is C16H21FN2S. The summed E-state index contributed by atoms with van der Waals surface area (Å²) < 4.78 is 13.4. The maximum absolute atomic E-state index is 13.4. The van der Waals surface area contributed by atoms with Crippen molar-refractivity contribution >= 4 is 22.9 Å². The van der Waals surface area contributed by atoms with Crippen molar-refractivity contribution in [3.05, 3.63) is 29.6 Å². The van der Waals surface area contributed by atoms with E-state index in [4.69, 9.17) is 18.0 Å². The average molecular weight is 292 g/mol. The topological polar surface area (TPSA) is 29.3 Å². The second-order valence-corrected chi connectivity index (χ2v) is 6.78. The second kappa shape index (κ2) is 5.32. The van der Waals surface area contributed by atoms with Crippen molar-refractivity contribution in [1.29, 1.82) is 0 Å². The summed E-state index contributed by atoms with van der Waals surface area (Å²) in [5.41, 5.74) is 7.32. The zero-order valence-electron chi connectivity index (χ0n) is 11.8. The van der Waals surface area contributed by atoms with Gasteiger partial charge in [-0.2, -0.15) is 0 Å². The van der Waals surface area contributed by atoms with Gasteiger partial charge in [-0.25, -0.2) is 4.39 Å². The van der Waals surface area contributed by atoms with Crippen LogP contribution in [0.1, 0.15) is 31.2 Å². The molecule has 2 nitrogen and oxygen atoms in total. The minimum atomic E-state index is -0.287. The first kappa shape index (κ1) is 13.8.